The molecule has 4 rings (SSSR count). The molecule has 1 atom stereocenters. The van der Waals surface area contributed by atoms with Gasteiger partial charge in [0.05, 0.1) is 12.5 Å². The van der Waals surface area contributed by atoms with E-state index in [0.717, 1.165) is 30.4 Å². The summed E-state index contributed by atoms with van der Waals surface area (Å²) in [6.45, 7) is 2.70. The number of pyridine rings is 1. The third-order valence-electron chi connectivity index (χ3n) is 5.60. The maximum absolute atomic E-state index is 13.2. The van der Waals surface area contributed by atoms with Gasteiger partial charge in [-0.05, 0) is 42.0 Å². The van der Waals surface area contributed by atoms with Crippen LogP contribution >= 0.6 is 0 Å². The molecule has 0 saturated carbocycles. The third-order valence-corrected chi connectivity index (χ3v) is 5.60. The van der Waals surface area contributed by atoms with E-state index in [1.54, 1.807) is 22.9 Å². The van der Waals surface area contributed by atoms with E-state index in [0.29, 0.717) is 18.8 Å². The van der Waals surface area contributed by atoms with Crippen LogP contribution < -0.4 is 10.5 Å². The van der Waals surface area contributed by atoms with Crippen LogP contribution in [0, 0.1) is 0 Å². The molecule has 140 valence electrons. The minimum atomic E-state index is -0.284. The summed E-state index contributed by atoms with van der Waals surface area (Å²) in [7, 11) is 0. The number of carbonyl (C=O) groups excluding carboxylic acids is 2. The van der Waals surface area contributed by atoms with E-state index in [9.17, 15) is 14.4 Å². The van der Waals surface area contributed by atoms with Crippen molar-refractivity contribution in [1.82, 2.24) is 9.88 Å². The zero-order valence-corrected chi connectivity index (χ0v) is 15.4. The lowest BCUT2D eigenvalue weighted by molar-refractivity contribution is -0.133. The summed E-state index contributed by atoms with van der Waals surface area (Å²) in [6.07, 6.45) is 4.25. The standard InChI is InChI=1S/C21H23N3O3/c1-14(25)23-12-9-15-5-2-3-7-17(15)18(23)13-19(26)24-11-4-6-16-8-10-22-21(27)20(16)24/h2-3,5,7-8,10,18H,4,6,9,11-13H2,1H3,(H,22,27). The van der Waals surface area contributed by atoms with Crippen LogP contribution in [0.4, 0.5) is 5.69 Å². The molecule has 2 aromatic rings. The molecule has 27 heavy (non-hydrogen) atoms. The van der Waals surface area contributed by atoms with Crippen LogP contribution in [0.15, 0.2) is 41.3 Å². The smallest absolute Gasteiger partial charge is 0.272 e. The monoisotopic (exact) mass is 365 g/mol. The Morgan fingerprint density at radius 2 is 1.93 bits per heavy atom. The molecule has 2 aliphatic heterocycles. The molecule has 0 bridgehead atoms. The molecule has 1 aromatic heterocycles. The van der Waals surface area contributed by atoms with Crippen LogP contribution in [0.2, 0.25) is 0 Å². The Kier molecular flexibility index (Phi) is 4.56. The number of benzene rings is 1. The lowest BCUT2D eigenvalue weighted by Gasteiger charge is -2.38. The summed E-state index contributed by atoms with van der Waals surface area (Å²) in [5, 5.41) is 0. The zero-order chi connectivity index (χ0) is 19.0. The summed E-state index contributed by atoms with van der Waals surface area (Å²) in [5.74, 6) is -0.139. The van der Waals surface area contributed by atoms with Gasteiger partial charge in [0.15, 0.2) is 0 Å². The van der Waals surface area contributed by atoms with Crippen molar-refractivity contribution < 1.29 is 9.59 Å². The first-order chi connectivity index (χ1) is 13.1. The lowest BCUT2D eigenvalue weighted by atomic mass is 9.90. The van der Waals surface area contributed by atoms with Gasteiger partial charge in [-0.25, -0.2) is 0 Å². The second kappa shape index (κ2) is 7.02. The highest BCUT2D eigenvalue weighted by atomic mass is 16.2. The minimum absolute atomic E-state index is 0.0285. The van der Waals surface area contributed by atoms with Crippen LogP contribution in [0.25, 0.3) is 0 Å². The van der Waals surface area contributed by atoms with E-state index < -0.39 is 0 Å². The Hall–Kier alpha value is -2.89. The molecule has 0 radical (unpaired) electrons. The number of hydrogen-bond acceptors (Lipinski definition) is 3. The number of fused-ring (bicyclic) bond motifs is 2. The Bertz CT molecular complexity index is 950. The minimum Gasteiger partial charge on any atom is -0.335 e. The van der Waals surface area contributed by atoms with E-state index in [1.807, 2.05) is 24.3 Å². The van der Waals surface area contributed by atoms with Gasteiger partial charge in [-0.2, -0.15) is 0 Å². The number of nitrogens with zero attached hydrogens (tertiary/aromatic N) is 2. The highest BCUT2D eigenvalue weighted by Gasteiger charge is 2.33. The Balaban J connectivity index is 1.67. The fourth-order valence-corrected chi connectivity index (χ4v) is 4.32. The fourth-order valence-electron chi connectivity index (χ4n) is 4.32. The largest absolute Gasteiger partial charge is 0.335 e. The lowest BCUT2D eigenvalue weighted by Crippen LogP contribution is -2.44. The van der Waals surface area contributed by atoms with Crippen molar-refractivity contribution >= 4 is 17.5 Å². The summed E-state index contributed by atoms with van der Waals surface area (Å²) in [4.78, 5) is 43.8. The van der Waals surface area contributed by atoms with Crippen LogP contribution in [0.3, 0.4) is 0 Å². The molecular weight excluding hydrogens is 342 g/mol. The van der Waals surface area contributed by atoms with Gasteiger partial charge in [-0.3, -0.25) is 14.4 Å². The van der Waals surface area contributed by atoms with E-state index in [1.165, 1.54) is 5.56 Å². The van der Waals surface area contributed by atoms with Crippen molar-refractivity contribution in [3.63, 3.8) is 0 Å². The predicted molar refractivity (Wildman–Crippen MR) is 103 cm³/mol. The van der Waals surface area contributed by atoms with Gasteiger partial charge in [-0.1, -0.05) is 24.3 Å². The molecule has 0 aliphatic carbocycles. The van der Waals surface area contributed by atoms with Crippen molar-refractivity contribution in [3.05, 3.63) is 63.6 Å². The van der Waals surface area contributed by atoms with Gasteiger partial charge in [0, 0.05) is 26.2 Å². The Labute approximate surface area is 157 Å². The van der Waals surface area contributed by atoms with Crippen molar-refractivity contribution in [1.29, 1.82) is 0 Å². The van der Waals surface area contributed by atoms with Gasteiger partial charge in [-0.15, -0.1) is 0 Å². The number of H-pyrrole nitrogens is 1. The topological polar surface area (TPSA) is 73.5 Å². The van der Waals surface area contributed by atoms with E-state index in [-0.39, 0.29) is 29.8 Å². The highest BCUT2D eigenvalue weighted by Crippen LogP contribution is 2.34. The summed E-state index contributed by atoms with van der Waals surface area (Å²) >= 11 is 0. The normalized spacial score (nSPS) is 18.6. The van der Waals surface area contributed by atoms with E-state index >= 15 is 0 Å². The molecule has 6 nitrogen and oxygen atoms in total. The predicted octanol–water partition coefficient (Wildman–Crippen LogP) is 2.19. The number of hydrogen-bond donors (Lipinski definition) is 1. The van der Waals surface area contributed by atoms with Gasteiger partial charge in [0.2, 0.25) is 11.8 Å². The SMILES string of the molecule is CC(=O)N1CCc2ccccc2C1CC(=O)N1CCCc2cc[nH]c(=O)c21. The quantitative estimate of drug-likeness (QED) is 0.887. The number of aryl methyl sites for hydroxylation is 1. The van der Waals surface area contributed by atoms with Crippen LogP contribution in [-0.2, 0) is 22.4 Å². The van der Waals surface area contributed by atoms with E-state index in [2.05, 4.69) is 11.1 Å². The van der Waals surface area contributed by atoms with Crippen molar-refractivity contribution in [2.45, 2.75) is 38.6 Å². The molecule has 1 N–H and O–H groups in total. The summed E-state index contributed by atoms with van der Waals surface area (Å²) in [6, 6.07) is 9.58. The number of aromatic nitrogens is 1. The first-order valence-electron chi connectivity index (χ1n) is 9.42. The van der Waals surface area contributed by atoms with Crippen molar-refractivity contribution in [3.8, 4) is 0 Å². The van der Waals surface area contributed by atoms with Crippen LogP contribution in [-0.4, -0.2) is 34.8 Å². The number of rotatable bonds is 2. The second-order valence-corrected chi connectivity index (χ2v) is 7.21. The number of amides is 2. The first kappa shape index (κ1) is 17.5. The summed E-state index contributed by atoms with van der Waals surface area (Å²) in [5.41, 5.74) is 3.36. The summed E-state index contributed by atoms with van der Waals surface area (Å²) < 4.78 is 0. The maximum atomic E-state index is 13.2. The molecule has 0 spiro atoms. The molecule has 0 fully saturated rings. The molecular formula is C21H23N3O3. The molecule has 2 aliphatic rings. The molecule has 3 heterocycles. The number of nitrogens with one attached hydrogen (secondary N) is 1. The zero-order valence-electron chi connectivity index (χ0n) is 15.4. The Morgan fingerprint density at radius 1 is 1.11 bits per heavy atom. The van der Waals surface area contributed by atoms with Gasteiger partial charge < -0.3 is 14.8 Å². The Morgan fingerprint density at radius 3 is 2.74 bits per heavy atom. The average molecular weight is 365 g/mol. The number of anilines is 1. The number of aromatic amines is 1. The fraction of sp³-hybridized carbons (Fsp3) is 0.381. The average Bonchev–Trinajstić information content (AvgIpc) is 2.67. The molecule has 0 saturated heterocycles. The van der Waals surface area contributed by atoms with Gasteiger partial charge in [0.1, 0.15) is 5.69 Å². The molecule has 1 aromatic carbocycles. The second-order valence-electron chi connectivity index (χ2n) is 7.21. The van der Waals surface area contributed by atoms with Crippen molar-refractivity contribution in [2.75, 3.05) is 18.0 Å². The number of carbonyl (C=O) groups is 2. The maximum Gasteiger partial charge on any atom is 0.272 e. The van der Waals surface area contributed by atoms with Crippen LogP contribution in [0.1, 0.15) is 42.5 Å². The first-order valence-corrected chi connectivity index (χ1v) is 9.42. The van der Waals surface area contributed by atoms with Gasteiger partial charge in [0.25, 0.3) is 5.56 Å². The van der Waals surface area contributed by atoms with Gasteiger partial charge >= 0.3 is 0 Å². The van der Waals surface area contributed by atoms with E-state index in [4.69, 9.17) is 0 Å². The molecule has 1 unspecified atom stereocenters. The van der Waals surface area contributed by atoms with Crippen molar-refractivity contribution in [2.24, 2.45) is 0 Å². The molecule has 2 amide bonds. The highest BCUT2D eigenvalue weighted by molar-refractivity contribution is 5.95. The third kappa shape index (κ3) is 3.16. The molecule has 6 heteroatoms. The van der Waals surface area contributed by atoms with Crippen LogP contribution in [0.5, 0.6) is 0 Å².